The van der Waals surface area contributed by atoms with Crippen LogP contribution in [0.1, 0.15) is 12.5 Å². The fourth-order valence-electron chi connectivity index (χ4n) is 3.64. The minimum atomic E-state index is -0.158. The van der Waals surface area contributed by atoms with E-state index in [0.717, 1.165) is 33.4 Å². The quantitative estimate of drug-likeness (QED) is 0.442. The van der Waals surface area contributed by atoms with Gasteiger partial charge in [-0.1, -0.05) is 18.7 Å². The molecule has 2 aromatic carbocycles. The van der Waals surface area contributed by atoms with Crippen LogP contribution in [-0.2, 0) is 4.79 Å². The number of amides is 1. The van der Waals surface area contributed by atoms with E-state index in [-0.39, 0.29) is 11.5 Å². The van der Waals surface area contributed by atoms with Crippen molar-refractivity contribution < 1.29 is 4.79 Å². The predicted octanol–water partition coefficient (Wildman–Crippen LogP) is 4.58. The average molecular weight is 425 g/mol. The molecule has 2 aromatic heterocycles. The van der Waals surface area contributed by atoms with E-state index in [0.29, 0.717) is 18.1 Å². The molecular formula is C25H23N5O2. The first kappa shape index (κ1) is 21.0. The highest BCUT2D eigenvalue weighted by atomic mass is 16.2. The lowest BCUT2D eigenvalue weighted by molar-refractivity contribution is -0.114. The highest BCUT2D eigenvalue weighted by molar-refractivity contribution is 6.01. The first-order chi connectivity index (χ1) is 15.5. The van der Waals surface area contributed by atoms with Crippen LogP contribution in [0, 0.1) is 6.92 Å². The number of benzene rings is 2. The maximum Gasteiger partial charge on any atom is 0.256 e. The summed E-state index contributed by atoms with van der Waals surface area (Å²) in [6.45, 7) is 7.92. The van der Waals surface area contributed by atoms with Crippen LogP contribution in [0.5, 0.6) is 0 Å². The zero-order valence-electron chi connectivity index (χ0n) is 17.9. The van der Waals surface area contributed by atoms with E-state index in [4.69, 9.17) is 0 Å². The summed E-state index contributed by atoms with van der Waals surface area (Å²) in [4.78, 5) is 37.7. The van der Waals surface area contributed by atoms with E-state index in [1.807, 2.05) is 62.4 Å². The van der Waals surface area contributed by atoms with Crippen LogP contribution < -0.4 is 15.8 Å². The lowest BCUT2D eigenvalue weighted by Crippen LogP contribution is -2.28. The molecular weight excluding hydrogens is 402 g/mol. The van der Waals surface area contributed by atoms with E-state index in [2.05, 4.69) is 26.8 Å². The molecule has 0 spiro atoms. The molecule has 7 heteroatoms. The monoisotopic (exact) mass is 425 g/mol. The largest absolute Gasteiger partial charge is 0.329 e. The van der Waals surface area contributed by atoms with E-state index in [1.54, 1.807) is 17.3 Å². The second-order valence-corrected chi connectivity index (χ2v) is 7.29. The number of carbonyl (C=O) groups excluding carboxylic acids is 1. The van der Waals surface area contributed by atoms with Gasteiger partial charge >= 0.3 is 0 Å². The minimum absolute atomic E-state index is 0.125. The molecule has 0 aliphatic rings. The third-order valence-electron chi connectivity index (χ3n) is 5.21. The summed E-state index contributed by atoms with van der Waals surface area (Å²) in [5, 5.41) is 4.03. The lowest BCUT2D eigenvalue weighted by atomic mass is 10.0. The van der Waals surface area contributed by atoms with Gasteiger partial charge in [0.05, 0.1) is 5.52 Å². The van der Waals surface area contributed by atoms with Crippen molar-refractivity contribution in [3.8, 4) is 11.1 Å². The zero-order valence-corrected chi connectivity index (χ0v) is 17.9. The summed E-state index contributed by atoms with van der Waals surface area (Å²) in [5.41, 5.74) is 4.52. The van der Waals surface area contributed by atoms with E-state index in [9.17, 15) is 9.59 Å². The summed E-state index contributed by atoms with van der Waals surface area (Å²) in [6, 6.07) is 15.0. The normalized spacial score (nSPS) is 10.7. The molecule has 160 valence electrons. The standard InChI is InChI=1S/C25H23N5O2/c1-4-22(31)30(5-2)20-8-6-7-19(14-20)28-25-27-15-18-13-17(9-10-21(18)29-25)23-16(3)11-12-26-24(23)32/h4,6-15H,1,5H2,2-3H3,(H,26,32)(H,27,28,29). The number of rotatable bonds is 6. The second-order valence-electron chi connectivity index (χ2n) is 7.29. The number of anilines is 3. The Balaban J connectivity index is 1.63. The Bertz CT molecular complexity index is 1380. The van der Waals surface area contributed by atoms with Crippen LogP contribution in [-0.4, -0.2) is 27.4 Å². The molecule has 0 fully saturated rings. The Labute approximate surface area is 185 Å². The van der Waals surface area contributed by atoms with Gasteiger partial charge in [-0.15, -0.1) is 0 Å². The van der Waals surface area contributed by atoms with Gasteiger partial charge in [-0.3, -0.25) is 9.59 Å². The highest BCUT2D eigenvalue weighted by Crippen LogP contribution is 2.25. The molecule has 1 amide bonds. The number of hydrogen-bond donors (Lipinski definition) is 2. The number of fused-ring (bicyclic) bond motifs is 1. The maximum absolute atomic E-state index is 12.3. The first-order valence-electron chi connectivity index (χ1n) is 10.3. The van der Waals surface area contributed by atoms with Gasteiger partial charge in [0.25, 0.3) is 5.56 Å². The topological polar surface area (TPSA) is 91.0 Å². The molecule has 0 atom stereocenters. The van der Waals surface area contributed by atoms with Crippen LogP contribution in [0.3, 0.4) is 0 Å². The molecule has 0 aliphatic carbocycles. The minimum Gasteiger partial charge on any atom is -0.329 e. The number of aromatic nitrogens is 3. The van der Waals surface area contributed by atoms with Gasteiger partial charge in [-0.05, 0) is 67.4 Å². The van der Waals surface area contributed by atoms with Crippen molar-refractivity contribution >= 4 is 34.1 Å². The number of aromatic amines is 1. The molecule has 0 saturated heterocycles. The van der Waals surface area contributed by atoms with Crippen molar-refractivity contribution in [1.29, 1.82) is 0 Å². The predicted molar refractivity (Wildman–Crippen MR) is 128 cm³/mol. The average Bonchev–Trinajstić information content (AvgIpc) is 2.79. The number of likely N-dealkylation sites (N-methyl/N-ethyl adjacent to an activating group) is 1. The summed E-state index contributed by atoms with van der Waals surface area (Å²) in [7, 11) is 0. The van der Waals surface area contributed by atoms with Gasteiger partial charge in [-0.25, -0.2) is 9.97 Å². The number of pyridine rings is 1. The van der Waals surface area contributed by atoms with Gasteiger partial charge in [0, 0.05) is 41.3 Å². The smallest absolute Gasteiger partial charge is 0.256 e. The van der Waals surface area contributed by atoms with Crippen LogP contribution in [0.15, 0.2) is 78.4 Å². The number of nitrogens with zero attached hydrogens (tertiary/aromatic N) is 3. The number of nitrogens with one attached hydrogen (secondary N) is 2. The SMILES string of the molecule is C=CC(=O)N(CC)c1cccc(Nc2ncc3cc(-c4c(C)cc[nH]c4=O)ccc3n2)c1. The number of aryl methyl sites for hydroxylation is 1. The maximum atomic E-state index is 12.3. The Morgan fingerprint density at radius 1 is 1.22 bits per heavy atom. The fraction of sp³-hybridized carbons (Fsp3) is 0.120. The summed E-state index contributed by atoms with van der Waals surface area (Å²) in [5.74, 6) is 0.282. The molecule has 4 rings (SSSR count). The molecule has 2 heterocycles. The summed E-state index contributed by atoms with van der Waals surface area (Å²) < 4.78 is 0. The van der Waals surface area contributed by atoms with Gasteiger partial charge in [0.15, 0.2) is 0 Å². The van der Waals surface area contributed by atoms with Gasteiger partial charge in [0.2, 0.25) is 11.9 Å². The second kappa shape index (κ2) is 8.85. The van der Waals surface area contributed by atoms with Gasteiger partial charge in [0.1, 0.15) is 0 Å². The number of H-pyrrole nitrogens is 1. The van der Waals surface area contributed by atoms with Crippen molar-refractivity contribution in [2.75, 3.05) is 16.8 Å². The Morgan fingerprint density at radius 2 is 2.06 bits per heavy atom. The van der Waals surface area contributed by atoms with Crippen LogP contribution >= 0.6 is 0 Å². The van der Waals surface area contributed by atoms with Crippen molar-refractivity contribution in [2.24, 2.45) is 0 Å². The molecule has 32 heavy (non-hydrogen) atoms. The van der Waals surface area contributed by atoms with Crippen LogP contribution in [0.4, 0.5) is 17.3 Å². The third-order valence-corrected chi connectivity index (χ3v) is 5.21. The number of hydrogen-bond acceptors (Lipinski definition) is 5. The molecule has 0 bridgehead atoms. The molecule has 2 N–H and O–H groups in total. The van der Waals surface area contributed by atoms with Crippen molar-refractivity contribution in [1.82, 2.24) is 15.0 Å². The third kappa shape index (κ3) is 4.13. The van der Waals surface area contributed by atoms with Crippen LogP contribution in [0.2, 0.25) is 0 Å². The van der Waals surface area contributed by atoms with Gasteiger partial charge in [-0.2, -0.15) is 0 Å². The summed E-state index contributed by atoms with van der Waals surface area (Å²) in [6.07, 6.45) is 4.67. The first-order valence-corrected chi connectivity index (χ1v) is 10.3. The van der Waals surface area contributed by atoms with Crippen molar-refractivity contribution in [3.63, 3.8) is 0 Å². The molecule has 4 aromatic rings. The Hall–Kier alpha value is -4.26. The van der Waals surface area contributed by atoms with Crippen molar-refractivity contribution in [2.45, 2.75) is 13.8 Å². The molecule has 7 nitrogen and oxygen atoms in total. The number of carbonyl (C=O) groups is 1. The lowest BCUT2D eigenvalue weighted by Gasteiger charge is -2.20. The van der Waals surface area contributed by atoms with E-state index in [1.165, 1.54) is 6.08 Å². The Kier molecular flexibility index (Phi) is 5.81. The van der Waals surface area contributed by atoms with Gasteiger partial charge < -0.3 is 15.2 Å². The molecule has 0 radical (unpaired) electrons. The molecule has 0 saturated carbocycles. The van der Waals surface area contributed by atoms with E-state index >= 15 is 0 Å². The highest BCUT2D eigenvalue weighted by Gasteiger charge is 2.12. The fourth-order valence-corrected chi connectivity index (χ4v) is 3.64. The van der Waals surface area contributed by atoms with Crippen LogP contribution in [0.25, 0.3) is 22.0 Å². The van der Waals surface area contributed by atoms with E-state index < -0.39 is 0 Å². The summed E-state index contributed by atoms with van der Waals surface area (Å²) >= 11 is 0. The van der Waals surface area contributed by atoms with Crippen molar-refractivity contribution in [3.05, 3.63) is 89.5 Å². The zero-order chi connectivity index (χ0) is 22.7. The molecule has 0 aliphatic heterocycles. The molecule has 0 unspecified atom stereocenters. The Morgan fingerprint density at radius 3 is 2.81 bits per heavy atom.